The summed E-state index contributed by atoms with van der Waals surface area (Å²) in [6.45, 7) is 1.85. The van der Waals surface area contributed by atoms with Gasteiger partial charge in [-0.2, -0.15) is 5.10 Å². The Morgan fingerprint density at radius 2 is 1.93 bits per heavy atom. The topological polar surface area (TPSA) is 90.3 Å². The number of benzene rings is 1. The molecule has 3 aromatic rings. The van der Waals surface area contributed by atoms with Gasteiger partial charge in [0, 0.05) is 18.2 Å². The van der Waals surface area contributed by atoms with Crippen LogP contribution in [0.15, 0.2) is 58.7 Å². The fraction of sp³-hybridized carbons (Fsp3) is 0.200. The van der Waals surface area contributed by atoms with Crippen LogP contribution in [0.3, 0.4) is 0 Å². The number of rotatable bonds is 8. The van der Waals surface area contributed by atoms with Gasteiger partial charge in [-0.25, -0.2) is 4.68 Å². The van der Waals surface area contributed by atoms with Crippen LogP contribution in [0.5, 0.6) is 5.75 Å². The van der Waals surface area contributed by atoms with Gasteiger partial charge in [0.2, 0.25) is 0 Å². The van der Waals surface area contributed by atoms with Crippen LogP contribution in [0, 0.1) is 0 Å². The quantitative estimate of drug-likeness (QED) is 0.590. The molecule has 0 radical (unpaired) electrons. The summed E-state index contributed by atoms with van der Waals surface area (Å²) >= 11 is 1.54. The summed E-state index contributed by atoms with van der Waals surface area (Å²) < 4.78 is 6.72. The first-order chi connectivity index (χ1) is 13.5. The van der Waals surface area contributed by atoms with E-state index in [1.165, 1.54) is 17.7 Å². The standard InChI is InChI=1S/C20H19N3O4S/c1-14(24)15-4-6-16(7-5-15)27-13-19(25)21-10-11-23-20(26)9-8-17(22-23)18-3-2-12-28-18/h2-9,12H,10-11,13H2,1H3,(H,21,25). The largest absolute Gasteiger partial charge is 0.484 e. The molecule has 2 heterocycles. The van der Waals surface area contributed by atoms with E-state index in [0.29, 0.717) is 11.3 Å². The molecule has 0 bridgehead atoms. The molecule has 0 aliphatic rings. The number of carbonyl (C=O) groups is 2. The zero-order chi connectivity index (χ0) is 19.9. The summed E-state index contributed by atoms with van der Waals surface area (Å²) in [6.07, 6.45) is 0. The second kappa shape index (κ2) is 9.09. The molecule has 0 saturated carbocycles. The molecule has 8 heteroatoms. The highest BCUT2D eigenvalue weighted by Gasteiger charge is 2.07. The average molecular weight is 397 g/mol. The number of ketones is 1. The summed E-state index contributed by atoms with van der Waals surface area (Å²) in [7, 11) is 0. The minimum atomic E-state index is -0.307. The molecule has 0 saturated heterocycles. The number of hydrogen-bond donors (Lipinski definition) is 1. The second-order valence-corrected chi connectivity index (χ2v) is 6.92. The summed E-state index contributed by atoms with van der Waals surface area (Å²) in [5.41, 5.74) is 1.08. The lowest BCUT2D eigenvalue weighted by Crippen LogP contribution is -2.34. The number of thiophene rings is 1. The number of carbonyl (C=O) groups excluding carboxylic acids is 2. The van der Waals surface area contributed by atoms with Crippen LogP contribution in [0.25, 0.3) is 10.6 Å². The van der Waals surface area contributed by atoms with Crippen molar-refractivity contribution in [2.24, 2.45) is 0 Å². The molecular weight excluding hydrogens is 378 g/mol. The van der Waals surface area contributed by atoms with Gasteiger partial charge in [-0.15, -0.1) is 11.3 Å². The number of aromatic nitrogens is 2. The van der Waals surface area contributed by atoms with E-state index in [2.05, 4.69) is 10.4 Å². The van der Waals surface area contributed by atoms with Crippen LogP contribution in [-0.4, -0.2) is 34.6 Å². The lowest BCUT2D eigenvalue weighted by molar-refractivity contribution is -0.123. The molecule has 0 atom stereocenters. The van der Waals surface area contributed by atoms with E-state index in [9.17, 15) is 14.4 Å². The first kappa shape index (κ1) is 19.5. The molecule has 144 valence electrons. The van der Waals surface area contributed by atoms with Gasteiger partial charge in [0.15, 0.2) is 12.4 Å². The van der Waals surface area contributed by atoms with Gasteiger partial charge in [-0.1, -0.05) is 6.07 Å². The number of nitrogens with one attached hydrogen (secondary N) is 1. The molecule has 0 unspecified atom stereocenters. The molecule has 2 aromatic heterocycles. The van der Waals surface area contributed by atoms with E-state index in [0.717, 1.165) is 10.6 Å². The maximum atomic E-state index is 11.9. The number of nitrogens with zero attached hydrogens (tertiary/aromatic N) is 2. The summed E-state index contributed by atoms with van der Waals surface area (Å²) in [5.74, 6) is 0.163. The van der Waals surface area contributed by atoms with E-state index in [1.807, 2.05) is 17.5 Å². The minimum absolute atomic E-state index is 0.0312. The molecule has 7 nitrogen and oxygen atoms in total. The summed E-state index contributed by atoms with van der Waals surface area (Å²) in [4.78, 5) is 36.1. The van der Waals surface area contributed by atoms with Crippen LogP contribution in [-0.2, 0) is 11.3 Å². The van der Waals surface area contributed by atoms with E-state index < -0.39 is 0 Å². The number of ether oxygens (including phenoxy) is 1. The third-order valence-corrected chi connectivity index (χ3v) is 4.81. The van der Waals surface area contributed by atoms with Crippen molar-refractivity contribution in [3.05, 3.63) is 69.8 Å². The number of amides is 1. The molecule has 0 spiro atoms. The van der Waals surface area contributed by atoms with Gasteiger partial charge in [-0.05, 0) is 48.7 Å². The Hall–Kier alpha value is -3.26. The van der Waals surface area contributed by atoms with Gasteiger partial charge in [0.25, 0.3) is 11.5 Å². The predicted molar refractivity (Wildman–Crippen MR) is 107 cm³/mol. The average Bonchev–Trinajstić information content (AvgIpc) is 3.23. The van der Waals surface area contributed by atoms with E-state index >= 15 is 0 Å². The maximum Gasteiger partial charge on any atom is 0.266 e. The Balaban J connectivity index is 1.48. The lowest BCUT2D eigenvalue weighted by Gasteiger charge is -2.09. The molecule has 1 N–H and O–H groups in total. The van der Waals surface area contributed by atoms with E-state index in [4.69, 9.17) is 4.74 Å². The summed E-state index contributed by atoms with van der Waals surface area (Å²) in [6, 6.07) is 13.6. The van der Waals surface area contributed by atoms with Gasteiger partial charge in [-0.3, -0.25) is 14.4 Å². The Labute approximate surface area is 165 Å². The molecule has 1 aromatic carbocycles. The minimum Gasteiger partial charge on any atom is -0.484 e. The van der Waals surface area contributed by atoms with Crippen LogP contribution in [0.1, 0.15) is 17.3 Å². The van der Waals surface area contributed by atoms with Gasteiger partial charge in [0.1, 0.15) is 11.4 Å². The van der Waals surface area contributed by atoms with Crippen LogP contribution < -0.4 is 15.6 Å². The van der Waals surface area contributed by atoms with Crippen molar-refractivity contribution in [1.29, 1.82) is 0 Å². The van der Waals surface area contributed by atoms with Crippen LogP contribution >= 0.6 is 11.3 Å². The SMILES string of the molecule is CC(=O)c1ccc(OCC(=O)NCCn2nc(-c3cccs3)ccc2=O)cc1. The first-order valence-corrected chi connectivity index (χ1v) is 9.53. The van der Waals surface area contributed by atoms with Crippen molar-refractivity contribution >= 4 is 23.0 Å². The lowest BCUT2D eigenvalue weighted by atomic mass is 10.1. The predicted octanol–water partition coefficient (Wildman–Crippen LogP) is 2.37. The van der Waals surface area contributed by atoms with Crippen molar-refractivity contribution in [2.45, 2.75) is 13.5 Å². The maximum absolute atomic E-state index is 11.9. The van der Waals surface area contributed by atoms with Crippen molar-refractivity contribution in [2.75, 3.05) is 13.2 Å². The zero-order valence-electron chi connectivity index (χ0n) is 15.3. The number of Topliss-reactive ketones (excluding diaryl/α,β-unsaturated/α-hetero) is 1. The fourth-order valence-electron chi connectivity index (χ4n) is 2.45. The third kappa shape index (κ3) is 5.14. The highest BCUT2D eigenvalue weighted by atomic mass is 32.1. The normalized spacial score (nSPS) is 10.5. The van der Waals surface area contributed by atoms with Gasteiger partial charge >= 0.3 is 0 Å². The van der Waals surface area contributed by atoms with Crippen molar-refractivity contribution in [3.63, 3.8) is 0 Å². The first-order valence-electron chi connectivity index (χ1n) is 8.65. The Bertz CT molecular complexity index is 1010. The monoisotopic (exact) mass is 397 g/mol. The van der Waals surface area contributed by atoms with E-state index in [-0.39, 0.29) is 36.9 Å². The highest BCUT2D eigenvalue weighted by Crippen LogP contribution is 2.20. The van der Waals surface area contributed by atoms with Gasteiger partial charge < -0.3 is 10.1 Å². The zero-order valence-corrected chi connectivity index (χ0v) is 16.1. The Kier molecular flexibility index (Phi) is 6.33. The van der Waals surface area contributed by atoms with Gasteiger partial charge in [0.05, 0.1) is 11.4 Å². The number of hydrogen-bond acceptors (Lipinski definition) is 6. The smallest absolute Gasteiger partial charge is 0.266 e. The molecule has 0 fully saturated rings. The fourth-order valence-corrected chi connectivity index (χ4v) is 3.14. The molecule has 1 amide bonds. The molecule has 28 heavy (non-hydrogen) atoms. The third-order valence-electron chi connectivity index (χ3n) is 3.92. The van der Waals surface area contributed by atoms with Crippen molar-refractivity contribution in [3.8, 4) is 16.3 Å². The molecule has 3 rings (SSSR count). The van der Waals surface area contributed by atoms with Crippen LogP contribution in [0.2, 0.25) is 0 Å². The molecule has 0 aliphatic heterocycles. The molecular formula is C20H19N3O4S. The molecule has 0 aliphatic carbocycles. The van der Waals surface area contributed by atoms with Crippen molar-refractivity contribution in [1.82, 2.24) is 15.1 Å². The van der Waals surface area contributed by atoms with E-state index in [1.54, 1.807) is 41.7 Å². The second-order valence-electron chi connectivity index (χ2n) is 5.98. The summed E-state index contributed by atoms with van der Waals surface area (Å²) in [5, 5.41) is 8.97. The Morgan fingerprint density at radius 3 is 2.61 bits per heavy atom. The Morgan fingerprint density at radius 1 is 1.14 bits per heavy atom. The van der Waals surface area contributed by atoms with Crippen LogP contribution in [0.4, 0.5) is 0 Å². The highest BCUT2D eigenvalue weighted by molar-refractivity contribution is 7.13. The van der Waals surface area contributed by atoms with Crippen molar-refractivity contribution < 1.29 is 14.3 Å².